The van der Waals surface area contributed by atoms with Crippen LogP contribution < -0.4 is 14.4 Å². The first-order valence-corrected chi connectivity index (χ1v) is 10.8. The van der Waals surface area contributed by atoms with Crippen LogP contribution in [0.15, 0.2) is 23.8 Å². The predicted molar refractivity (Wildman–Crippen MR) is 107 cm³/mol. The highest BCUT2D eigenvalue weighted by Crippen LogP contribution is 2.66. The second-order valence-corrected chi connectivity index (χ2v) is 9.48. The molecular formula is C23H26N2O4. The number of carbonyl (C=O) groups is 1. The van der Waals surface area contributed by atoms with Gasteiger partial charge in [0.05, 0.1) is 45.1 Å². The lowest BCUT2D eigenvalue weighted by Crippen LogP contribution is -2.69. The highest BCUT2D eigenvalue weighted by atomic mass is 16.5. The van der Waals surface area contributed by atoms with E-state index in [0.29, 0.717) is 36.7 Å². The minimum absolute atomic E-state index is 0.0242. The third kappa shape index (κ3) is 1.76. The Kier molecular flexibility index (Phi) is 3.08. The van der Waals surface area contributed by atoms with Crippen molar-refractivity contribution in [1.29, 1.82) is 0 Å². The summed E-state index contributed by atoms with van der Waals surface area (Å²) >= 11 is 0. The van der Waals surface area contributed by atoms with Gasteiger partial charge in [-0.3, -0.25) is 9.69 Å². The standard InChI is InChI=1S/C23H26N2O4/c1-27-16-8-14-15(9-17(16)28-2)25-20(26)10-18-21-13-7-19-23(14,22(21)25)4-5-24(19)11-12(13)3-6-29-18/h3,8-9,13,18-19,21-22H,4-7,10-11H2,1-2H3/t13-,18-,19+,21+,22-,23+/m0/s1. The molecule has 1 amide bonds. The molecule has 6 nitrogen and oxygen atoms in total. The molecule has 5 heterocycles. The Morgan fingerprint density at radius 1 is 1.21 bits per heavy atom. The van der Waals surface area contributed by atoms with Crippen LogP contribution in [-0.2, 0) is 14.9 Å². The number of amides is 1. The molecule has 7 rings (SSSR count). The number of hydrogen-bond donors (Lipinski definition) is 0. The van der Waals surface area contributed by atoms with Gasteiger partial charge >= 0.3 is 0 Å². The molecule has 1 saturated carbocycles. The Bertz CT molecular complexity index is 974. The lowest BCUT2D eigenvalue weighted by Gasteiger charge is -2.58. The van der Waals surface area contributed by atoms with Gasteiger partial charge in [-0.05, 0) is 36.9 Å². The lowest BCUT2D eigenvalue weighted by molar-refractivity contribution is -0.132. The van der Waals surface area contributed by atoms with Gasteiger partial charge in [-0.15, -0.1) is 0 Å². The van der Waals surface area contributed by atoms with E-state index in [0.717, 1.165) is 30.9 Å². The molecule has 6 atom stereocenters. The second-order valence-electron chi connectivity index (χ2n) is 9.48. The monoisotopic (exact) mass is 394 g/mol. The Morgan fingerprint density at radius 3 is 2.86 bits per heavy atom. The van der Waals surface area contributed by atoms with Crippen LogP contribution in [0, 0.1) is 11.8 Å². The zero-order chi connectivity index (χ0) is 19.5. The van der Waals surface area contributed by atoms with E-state index in [9.17, 15) is 4.79 Å². The first kappa shape index (κ1) is 16.7. The van der Waals surface area contributed by atoms with Crippen molar-refractivity contribution < 1.29 is 19.0 Å². The molecule has 152 valence electrons. The summed E-state index contributed by atoms with van der Waals surface area (Å²) in [4.78, 5) is 18.3. The van der Waals surface area contributed by atoms with E-state index in [-0.39, 0.29) is 23.5 Å². The molecule has 3 saturated heterocycles. The fourth-order valence-corrected chi connectivity index (χ4v) is 7.87. The number of ether oxygens (including phenoxy) is 3. The largest absolute Gasteiger partial charge is 0.493 e. The smallest absolute Gasteiger partial charge is 0.229 e. The van der Waals surface area contributed by atoms with Gasteiger partial charge in [-0.2, -0.15) is 0 Å². The number of fused-ring (bicyclic) bond motifs is 2. The molecule has 1 aromatic rings. The number of benzene rings is 1. The SMILES string of the molecule is COc1cc2c(cc1OC)[C@@]13CCN4CC5=CCO[C@H]6CC(=O)N2[C@H]1[C@@H]6[C@H]5C[C@@H]43. The summed E-state index contributed by atoms with van der Waals surface area (Å²) in [6.45, 7) is 2.80. The van der Waals surface area contributed by atoms with Crippen LogP contribution in [-0.4, -0.2) is 62.9 Å². The molecule has 1 aliphatic carbocycles. The third-order valence-electron chi connectivity index (χ3n) is 8.81. The molecule has 6 aliphatic rings. The van der Waals surface area contributed by atoms with Crippen molar-refractivity contribution >= 4 is 11.6 Å². The molecule has 4 fully saturated rings. The van der Waals surface area contributed by atoms with Crippen LogP contribution in [0.4, 0.5) is 5.69 Å². The third-order valence-corrected chi connectivity index (χ3v) is 8.81. The van der Waals surface area contributed by atoms with Crippen LogP contribution in [0.1, 0.15) is 24.8 Å². The van der Waals surface area contributed by atoms with E-state index in [1.54, 1.807) is 19.8 Å². The van der Waals surface area contributed by atoms with Crippen LogP contribution in [0.3, 0.4) is 0 Å². The quantitative estimate of drug-likeness (QED) is 0.719. The van der Waals surface area contributed by atoms with Crippen LogP contribution in [0.5, 0.6) is 11.5 Å². The normalized spacial score (nSPS) is 41.0. The Labute approximate surface area is 170 Å². The summed E-state index contributed by atoms with van der Waals surface area (Å²) in [5, 5.41) is 0. The summed E-state index contributed by atoms with van der Waals surface area (Å²) in [5.41, 5.74) is 3.85. The number of methoxy groups -OCH3 is 2. The number of hydrogen-bond acceptors (Lipinski definition) is 5. The number of rotatable bonds is 2. The van der Waals surface area contributed by atoms with Gasteiger partial charge in [0.1, 0.15) is 0 Å². The zero-order valence-corrected chi connectivity index (χ0v) is 16.9. The molecule has 0 unspecified atom stereocenters. The van der Waals surface area contributed by atoms with Gasteiger partial charge in [0.25, 0.3) is 0 Å². The first-order chi connectivity index (χ1) is 14.2. The molecule has 0 N–H and O–H groups in total. The van der Waals surface area contributed by atoms with Crippen molar-refractivity contribution in [3.05, 3.63) is 29.3 Å². The zero-order valence-electron chi connectivity index (χ0n) is 16.9. The summed E-state index contributed by atoms with van der Waals surface area (Å²) in [6, 6.07) is 4.87. The number of piperidine rings is 2. The van der Waals surface area contributed by atoms with Gasteiger partial charge in [0, 0.05) is 30.0 Å². The fourth-order valence-electron chi connectivity index (χ4n) is 7.87. The van der Waals surface area contributed by atoms with Gasteiger partial charge in [0.15, 0.2) is 11.5 Å². The van der Waals surface area contributed by atoms with Gasteiger partial charge in [0.2, 0.25) is 5.91 Å². The average Bonchev–Trinajstić information content (AvgIpc) is 3.20. The maximum absolute atomic E-state index is 13.5. The topological polar surface area (TPSA) is 51.2 Å². The molecule has 2 bridgehead atoms. The first-order valence-electron chi connectivity index (χ1n) is 10.8. The van der Waals surface area contributed by atoms with Crippen molar-refractivity contribution in [2.75, 3.05) is 38.8 Å². The molecule has 0 radical (unpaired) electrons. The summed E-state index contributed by atoms with van der Waals surface area (Å²) in [6.07, 6.45) is 5.11. The van der Waals surface area contributed by atoms with E-state index in [1.807, 2.05) is 6.07 Å². The Balaban J connectivity index is 1.52. The van der Waals surface area contributed by atoms with Crippen molar-refractivity contribution in [3.8, 4) is 11.5 Å². The lowest BCUT2D eigenvalue weighted by atomic mass is 9.53. The second kappa shape index (κ2) is 5.35. The number of nitrogens with zero attached hydrogens (tertiary/aromatic N) is 2. The van der Waals surface area contributed by atoms with E-state index in [2.05, 4.69) is 21.9 Å². The van der Waals surface area contributed by atoms with Gasteiger partial charge < -0.3 is 19.1 Å². The summed E-state index contributed by atoms with van der Waals surface area (Å²) in [5.74, 6) is 2.57. The highest BCUT2D eigenvalue weighted by molar-refractivity contribution is 5.99. The van der Waals surface area contributed by atoms with Crippen molar-refractivity contribution in [2.45, 2.75) is 42.9 Å². The van der Waals surface area contributed by atoms with E-state index in [1.165, 1.54) is 12.0 Å². The van der Waals surface area contributed by atoms with Gasteiger partial charge in [-0.25, -0.2) is 0 Å². The van der Waals surface area contributed by atoms with E-state index >= 15 is 0 Å². The molecule has 1 spiro atoms. The van der Waals surface area contributed by atoms with E-state index < -0.39 is 0 Å². The van der Waals surface area contributed by atoms with Crippen LogP contribution in [0.2, 0.25) is 0 Å². The van der Waals surface area contributed by atoms with E-state index in [4.69, 9.17) is 14.2 Å². The van der Waals surface area contributed by atoms with Crippen LogP contribution >= 0.6 is 0 Å². The highest BCUT2D eigenvalue weighted by Gasteiger charge is 2.71. The maximum atomic E-state index is 13.5. The molecular weight excluding hydrogens is 368 g/mol. The number of carbonyl (C=O) groups excluding carboxylic acids is 1. The van der Waals surface area contributed by atoms with Crippen molar-refractivity contribution in [2.24, 2.45) is 11.8 Å². The summed E-state index contributed by atoms with van der Waals surface area (Å²) in [7, 11) is 3.36. The average molecular weight is 394 g/mol. The molecule has 29 heavy (non-hydrogen) atoms. The maximum Gasteiger partial charge on any atom is 0.229 e. The van der Waals surface area contributed by atoms with Gasteiger partial charge in [-0.1, -0.05) is 11.6 Å². The molecule has 5 aliphatic heterocycles. The molecule has 6 heteroatoms. The molecule has 1 aromatic carbocycles. The summed E-state index contributed by atoms with van der Waals surface area (Å²) < 4.78 is 17.6. The minimum Gasteiger partial charge on any atom is -0.493 e. The van der Waals surface area contributed by atoms with Crippen molar-refractivity contribution in [3.63, 3.8) is 0 Å². The van der Waals surface area contributed by atoms with Crippen LogP contribution in [0.25, 0.3) is 0 Å². The Hall–Kier alpha value is -2.05. The van der Waals surface area contributed by atoms with Crippen molar-refractivity contribution in [1.82, 2.24) is 4.90 Å². The number of anilines is 1. The predicted octanol–water partition coefficient (Wildman–Crippen LogP) is 2.11. The minimum atomic E-state index is -0.0242. The molecule has 0 aromatic heterocycles. The fraction of sp³-hybridized carbons (Fsp3) is 0.609. The Morgan fingerprint density at radius 2 is 2.03 bits per heavy atom.